The van der Waals surface area contributed by atoms with Crippen LogP contribution in [0.15, 0.2) is 29.4 Å². The van der Waals surface area contributed by atoms with E-state index in [4.69, 9.17) is 4.74 Å². The van der Waals surface area contributed by atoms with Crippen LogP contribution in [0.2, 0.25) is 0 Å². The largest absolute Gasteiger partial charge is 0.497 e. The average Bonchev–Trinajstić information content (AvgIpc) is 3.08. The molecule has 2 aromatic rings. The van der Waals surface area contributed by atoms with Crippen LogP contribution in [0.1, 0.15) is 27.7 Å². The maximum atomic E-state index is 12.2. The van der Waals surface area contributed by atoms with Crippen molar-refractivity contribution in [2.75, 3.05) is 19.4 Å². The van der Waals surface area contributed by atoms with Crippen LogP contribution in [0.25, 0.3) is 11.4 Å². The number of nitrogens with zero attached hydrogens (tertiary/aromatic N) is 3. The second-order valence-electron chi connectivity index (χ2n) is 7.01. The van der Waals surface area contributed by atoms with Crippen molar-refractivity contribution in [3.63, 3.8) is 0 Å². The summed E-state index contributed by atoms with van der Waals surface area (Å²) in [5.41, 5.74) is 0.931. The minimum Gasteiger partial charge on any atom is -0.497 e. The highest BCUT2D eigenvalue weighted by Crippen LogP contribution is 2.26. The molecule has 2 amide bonds. The quantitative estimate of drug-likeness (QED) is 0.574. The highest BCUT2D eigenvalue weighted by atomic mass is 32.2. The number of rotatable bonds is 10. The van der Waals surface area contributed by atoms with Crippen molar-refractivity contribution in [1.29, 1.82) is 0 Å². The third kappa shape index (κ3) is 6.49. The van der Waals surface area contributed by atoms with Gasteiger partial charge in [-0.3, -0.25) is 9.59 Å². The van der Waals surface area contributed by atoms with E-state index in [0.717, 1.165) is 23.7 Å². The maximum absolute atomic E-state index is 12.2. The van der Waals surface area contributed by atoms with E-state index in [0.29, 0.717) is 17.6 Å². The van der Waals surface area contributed by atoms with Crippen LogP contribution in [0.5, 0.6) is 5.75 Å². The Kier molecular flexibility index (Phi) is 8.50. The van der Waals surface area contributed by atoms with E-state index in [1.807, 2.05) is 35.8 Å². The summed E-state index contributed by atoms with van der Waals surface area (Å²) in [6.07, 6.45) is 0. The molecule has 158 valence electrons. The fraction of sp³-hybridized carbons (Fsp3) is 0.500. The van der Waals surface area contributed by atoms with Crippen molar-refractivity contribution in [3.05, 3.63) is 24.3 Å². The minimum absolute atomic E-state index is 0.155. The second kappa shape index (κ2) is 10.8. The molecule has 0 radical (unpaired) electrons. The molecule has 1 aromatic heterocycles. The number of ether oxygens (including phenoxy) is 1. The normalized spacial score (nSPS) is 11.9. The number of hydrogen-bond acceptors (Lipinski definition) is 6. The highest BCUT2D eigenvalue weighted by Gasteiger charge is 2.19. The van der Waals surface area contributed by atoms with Crippen molar-refractivity contribution in [2.45, 2.75) is 45.4 Å². The molecule has 0 aliphatic carbocycles. The van der Waals surface area contributed by atoms with E-state index in [1.165, 1.54) is 11.8 Å². The maximum Gasteiger partial charge on any atom is 0.242 e. The SMILES string of the molecule is CCNC(=O)[C@@H](C)NC(=O)CSc1nnc(-c2ccc(OC)cc2)n1CC(C)C. The van der Waals surface area contributed by atoms with Gasteiger partial charge in [0.25, 0.3) is 0 Å². The van der Waals surface area contributed by atoms with E-state index in [9.17, 15) is 9.59 Å². The van der Waals surface area contributed by atoms with E-state index in [1.54, 1.807) is 14.0 Å². The van der Waals surface area contributed by atoms with Crippen LogP contribution in [0, 0.1) is 5.92 Å². The number of aromatic nitrogens is 3. The summed E-state index contributed by atoms with van der Waals surface area (Å²) >= 11 is 1.31. The molecule has 1 aromatic carbocycles. The van der Waals surface area contributed by atoms with Gasteiger partial charge in [0.05, 0.1) is 12.9 Å². The molecule has 2 rings (SSSR count). The molecule has 0 unspecified atom stereocenters. The predicted molar refractivity (Wildman–Crippen MR) is 114 cm³/mol. The monoisotopic (exact) mass is 419 g/mol. The van der Waals surface area contributed by atoms with Gasteiger partial charge in [-0.2, -0.15) is 0 Å². The van der Waals surface area contributed by atoms with Crippen LogP contribution in [0.3, 0.4) is 0 Å². The molecule has 0 saturated carbocycles. The second-order valence-corrected chi connectivity index (χ2v) is 7.95. The Hall–Kier alpha value is -2.55. The lowest BCUT2D eigenvalue weighted by Gasteiger charge is -2.14. The molecule has 2 N–H and O–H groups in total. The van der Waals surface area contributed by atoms with Crippen LogP contribution in [0.4, 0.5) is 0 Å². The number of methoxy groups -OCH3 is 1. The fourth-order valence-corrected chi connectivity index (χ4v) is 3.44. The molecule has 0 spiro atoms. The van der Waals surface area contributed by atoms with Crippen LogP contribution < -0.4 is 15.4 Å². The molecule has 0 fully saturated rings. The molecule has 9 heteroatoms. The summed E-state index contributed by atoms with van der Waals surface area (Å²) in [6, 6.07) is 7.06. The molecule has 0 saturated heterocycles. The van der Waals surface area contributed by atoms with E-state index in [-0.39, 0.29) is 17.6 Å². The lowest BCUT2D eigenvalue weighted by molar-refractivity contribution is -0.127. The Morgan fingerprint density at radius 3 is 2.45 bits per heavy atom. The van der Waals surface area contributed by atoms with Gasteiger partial charge >= 0.3 is 0 Å². The molecule has 0 aliphatic rings. The van der Waals surface area contributed by atoms with Crippen LogP contribution in [-0.2, 0) is 16.1 Å². The summed E-state index contributed by atoms with van der Waals surface area (Å²) < 4.78 is 7.24. The van der Waals surface area contributed by atoms with Gasteiger partial charge in [-0.25, -0.2) is 0 Å². The average molecular weight is 420 g/mol. The number of carbonyl (C=O) groups is 2. The van der Waals surface area contributed by atoms with Crippen molar-refractivity contribution < 1.29 is 14.3 Å². The van der Waals surface area contributed by atoms with Gasteiger partial charge in [0.2, 0.25) is 11.8 Å². The minimum atomic E-state index is -0.577. The lowest BCUT2D eigenvalue weighted by Crippen LogP contribution is -2.45. The molecule has 29 heavy (non-hydrogen) atoms. The third-order valence-electron chi connectivity index (χ3n) is 4.07. The molecule has 0 bridgehead atoms. The van der Waals surface area contributed by atoms with Crippen molar-refractivity contribution >= 4 is 23.6 Å². The topological polar surface area (TPSA) is 98.1 Å². The number of thioether (sulfide) groups is 1. The van der Waals surface area contributed by atoms with Crippen LogP contribution >= 0.6 is 11.8 Å². The number of hydrogen-bond donors (Lipinski definition) is 2. The number of likely N-dealkylation sites (N-methyl/N-ethyl adjacent to an activating group) is 1. The van der Waals surface area contributed by atoms with Crippen LogP contribution in [-0.4, -0.2) is 52.0 Å². The first kappa shape index (κ1) is 22.7. The molecule has 8 nitrogen and oxygen atoms in total. The molecular formula is C20H29N5O3S. The lowest BCUT2D eigenvalue weighted by atomic mass is 10.2. The Morgan fingerprint density at radius 2 is 1.86 bits per heavy atom. The Balaban J connectivity index is 2.11. The summed E-state index contributed by atoms with van der Waals surface area (Å²) in [5.74, 6) is 1.64. The summed E-state index contributed by atoms with van der Waals surface area (Å²) in [5, 5.41) is 14.7. The zero-order valence-corrected chi connectivity index (χ0v) is 18.4. The number of nitrogens with one attached hydrogen (secondary N) is 2. The van der Waals surface area contributed by atoms with Gasteiger partial charge in [0.15, 0.2) is 11.0 Å². The standard InChI is InChI=1S/C20H29N5O3S/c1-6-21-19(27)14(4)22-17(26)12-29-20-24-23-18(25(20)11-13(2)3)15-7-9-16(28-5)10-8-15/h7-10,13-14H,6,11-12H2,1-5H3,(H,21,27)(H,22,26)/t14-/m1/s1. The molecule has 1 atom stereocenters. The summed E-state index contributed by atoms with van der Waals surface area (Å²) in [6.45, 7) is 8.99. The zero-order valence-electron chi connectivity index (χ0n) is 17.6. The molecule has 0 aliphatic heterocycles. The number of amides is 2. The van der Waals surface area contributed by atoms with Gasteiger partial charge in [0, 0.05) is 18.7 Å². The summed E-state index contributed by atoms with van der Waals surface area (Å²) in [7, 11) is 1.63. The van der Waals surface area contributed by atoms with E-state index >= 15 is 0 Å². The van der Waals surface area contributed by atoms with Crippen molar-refractivity contribution in [1.82, 2.24) is 25.4 Å². The number of carbonyl (C=O) groups excluding carboxylic acids is 2. The third-order valence-corrected chi connectivity index (χ3v) is 5.03. The van der Waals surface area contributed by atoms with Gasteiger partial charge < -0.3 is 19.9 Å². The van der Waals surface area contributed by atoms with Crippen molar-refractivity contribution in [2.24, 2.45) is 5.92 Å². The van der Waals surface area contributed by atoms with E-state index in [2.05, 4.69) is 34.7 Å². The molecular weight excluding hydrogens is 390 g/mol. The number of benzene rings is 1. The van der Waals surface area contributed by atoms with Gasteiger partial charge in [-0.15, -0.1) is 10.2 Å². The Bertz CT molecular complexity index is 820. The first-order valence-corrected chi connectivity index (χ1v) is 10.6. The van der Waals surface area contributed by atoms with Gasteiger partial charge in [-0.05, 0) is 44.0 Å². The fourth-order valence-electron chi connectivity index (χ4n) is 2.68. The summed E-state index contributed by atoms with van der Waals surface area (Å²) in [4.78, 5) is 24.0. The first-order chi connectivity index (χ1) is 13.8. The molecule has 1 heterocycles. The van der Waals surface area contributed by atoms with Gasteiger partial charge in [-0.1, -0.05) is 25.6 Å². The smallest absolute Gasteiger partial charge is 0.242 e. The van der Waals surface area contributed by atoms with Gasteiger partial charge in [0.1, 0.15) is 11.8 Å². The Morgan fingerprint density at radius 1 is 1.17 bits per heavy atom. The Labute approximate surface area is 175 Å². The van der Waals surface area contributed by atoms with E-state index < -0.39 is 6.04 Å². The predicted octanol–water partition coefficient (Wildman–Crippen LogP) is 2.34. The highest BCUT2D eigenvalue weighted by molar-refractivity contribution is 7.99. The first-order valence-electron chi connectivity index (χ1n) is 9.63. The zero-order chi connectivity index (χ0) is 21.4. The van der Waals surface area contributed by atoms with Crippen molar-refractivity contribution in [3.8, 4) is 17.1 Å².